The zero-order valence-corrected chi connectivity index (χ0v) is 15.9. The summed E-state index contributed by atoms with van der Waals surface area (Å²) >= 11 is 1.11. The Hall–Kier alpha value is -3.89. The number of nitrogen functional groups attached to an aromatic ring is 1. The number of H-pyrrole nitrogens is 1. The molecule has 4 rings (SSSR count). The van der Waals surface area contributed by atoms with Gasteiger partial charge in [0.05, 0.1) is 10.5 Å². The van der Waals surface area contributed by atoms with Crippen molar-refractivity contribution in [1.82, 2.24) is 4.98 Å². The smallest absolute Gasteiger partial charge is 0.284 e. The number of nitrogens with two attached hydrogens (primary N) is 1. The van der Waals surface area contributed by atoms with E-state index in [4.69, 9.17) is 5.73 Å². The van der Waals surface area contributed by atoms with Crippen molar-refractivity contribution < 1.29 is 4.79 Å². The van der Waals surface area contributed by atoms with Crippen LogP contribution in [0.3, 0.4) is 0 Å². The second-order valence-electron chi connectivity index (χ2n) is 6.21. The number of nitrogens with zero attached hydrogens (tertiary/aromatic N) is 2. The summed E-state index contributed by atoms with van der Waals surface area (Å²) in [6.07, 6.45) is 1.72. The van der Waals surface area contributed by atoms with E-state index in [1.54, 1.807) is 30.3 Å². The number of benzene rings is 2. The molecule has 6 nitrogen and oxygen atoms in total. The Balaban J connectivity index is 1.88. The van der Waals surface area contributed by atoms with Crippen molar-refractivity contribution in [3.05, 3.63) is 92.6 Å². The van der Waals surface area contributed by atoms with E-state index in [-0.39, 0.29) is 22.0 Å². The van der Waals surface area contributed by atoms with E-state index in [2.05, 4.69) is 16.0 Å². The summed E-state index contributed by atoms with van der Waals surface area (Å²) in [5.41, 5.74) is 7.57. The first-order valence-electron chi connectivity index (χ1n) is 8.67. The van der Waals surface area contributed by atoms with Gasteiger partial charge in [0.1, 0.15) is 22.5 Å². The van der Waals surface area contributed by atoms with Gasteiger partial charge in [0, 0.05) is 5.56 Å². The second kappa shape index (κ2) is 7.62. The number of anilines is 1. The van der Waals surface area contributed by atoms with Crippen LogP contribution in [0, 0.1) is 11.3 Å². The Morgan fingerprint density at radius 3 is 2.31 bits per heavy atom. The number of aromatic amines is 1. The van der Waals surface area contributed by atoms with Gasteiger partial charge >= 0.3 is 0 Å². The Morgan fingerprint density at radius 2 is 1.66 bits per heavy atom. The summed E-state index contributed by atoms with van der Waals surface area (Å²) in [6, 6.07) is 20.4. The molecule has 1 aliphatic rings. The summed E-state index contributed by atoms with van der Waals surface area (Å²) in [6.45, 7) is 0. The van der Waals surface area contributed by atoms with Crippen molar-refractivity contribution >= 4 is 34.6 Å². The molecule has 1 aliphatic heterocycles. The third-order valence-corrected chi connectivity index (χ3v) is 5.35. The predicted molar refractivity (Wildman–Crippen MR) is 115 cm³/mol. The third-order valence-electron chi connectivity index (χ3n) is 4.35. The number of nitrogens with one attached hydrogen (secondary N) is 1. The number of aromatic nitrogens is 1. The van der Waals surface area contributed by atoms with Crippen LogP contribution in [0.1, 0.15) is 16.7 Å². The zero-order valence-electron chi connectivity index (χ0n) is 15.0. The van der Waals surface area contributed by atoms with Gasteiger partial charge in [-0.1, -0.05) is 72.4 Å². The molecule has 0 radical (unpaired) electrons. The van der Waals surface area contributed by atoms with Crippen LogP contribution >= 0.6 is 11.8 Å². The van der Waals surface area contributed by atoms with Gasteiger partial charge in [0.15, 0.2) is 0 Å². The van der Waals surface area contributed by atoms with E-state index in [1.165, 1.54) is 0 Å². The van der Waals surface area contributed by atoms with Crippen LogP contribution in [0.4, 0.5) is 5.82 Å². The standard InChI is InChI=1S/C22H14N4O2S/c23-12-15-17(14-9-5-2-6-10-14)18(21(28)25-19(15)24)22-26-20(27)16(29-22)11-13-7-3-1-4-8-13/h1-11H,(H3,24,25,28)/b16-11+. The molecule has 0 saturated heterocycles. The van der Waals surface area contributed by atoms with Gasteiger partial charge in [-0.05, 0) is 17.2 Å². The Bertz CT molecular complexity index is 1270. The molecule has 3 N–H and O–H groups in total. The summed E-state index contributed by atoms with van der Waals surface area (Å²) < 4.78 is 0. The second-order valence-corrected chi connectivity index (χ2v) is 7.24. The van der Waals surface area contributed by atoms with Crippen molar-refractivity contribution in [2.24, 2.45) is 4.99 Å². The van der Waals surface area contributed by atoms with Gasteiger partial charge in [0.2, 0.25) is 0 Å². The summed E-state index contributed by atoms with van der Waals surface area (Å²) in [5, 5.41) is 9.88. The molecule has 0 saturated carbocycles. The molecule has 2 aromatic carbocycles. The lowest BCUT2D eigenvalue weighted by molar-refractivity contribution is -0.113. The molecule has 3 aromatic rings. The normalized spacial score (nSPS) is 14.7. The van der Waals surface area contributed by atoms with Crippen LogP contribution in [0.15, 0.2) is 75.4 Å². The maximum atomic E-state index is 12.8. The van der Waals surface area contributed by atoms with E-state index in [0.717, 1.165) is 17.3 Å². The maximum absolute atomic E-state index is 12.8. The van der Waals surface area contributed by atoms with E-state index < -0.39 is 11.5 Å². The number of thioether (sulfide) groups is 1. The van der Waals surface area contributed by atoms with E-state index >= 15 is 0 Å². The average Bonchev–Trinajstić information content (AvgIpc) is 3.08. The lowest BCUT2D eigenvalue weighted by Gasteiger charge is -2.12. The quantitative estimate of drug-likeness (QED) is 0.655. The molecule has 0 aliphatic carbocycles. The van der Waals surface area contributed by atoms with Crippen molar-refractivity contribution in [3.8, 4) is 17.2 Å². The zero-order chi connectivity index (χ0) is 20.4. The molecule has 0 atom stereocenters. The van der Waals surface area contributed by atoms with Crippen molar-refractivity contribution in [3.63, 3.8) is 0 Å². The molecular weight excluding hydrogens is 384 g/mol. The molecule has 2 heterocycles. The average molecular weight is 398 g/mol. The van der Waals surface area contributed by atoms with E-state index in [0.29, 0.717) is 16.0 Å². The molecule has 0 bridgehead atoms. The van der Waals surface area contributed by atoms with Crippen LogP contribution in [-0.4, -0.2) is 15.9 Å². The monoisotopic (exact) mass is 398 g/mol. The highest BCUT2D eigenvalue weighted by Crippen LogP contribution is 2.36. The molecule has 0 fully saturated rings. The fourth-order valence-corrected chi connectivity index (χ4v) is 4.01. The fraction of sp³-hybridized carbons (Fsp3) is 0. The lowest BCUT2D eigenvalue weighted by atomic mass is 9.96. The van der Waals surface area contributed by atoms with Crippen LogP contribution in [0.25, 0.3) is 17.2 Å². The van der Waals surface area contributed by atoms with Crippen LogP contribution in [0.5, 0.6) is 0 Å². The van der Waals surface area contributed by atoms with E-state index in [9.17, 15) is 14.9 Å². The topological polar surface area (TPSA) is 112 Å². The molecule has 0 unspecified atom stereocenters. The predicted octanol–water partition coefficient (Wildman–Crippen LogP) is 3.56. The van der Waals surface area contributed by atoms with Gasteiger partial charge in [-0.25, -0.2) is 4.99 Å². The minimum Gasteiger partial charge on any atom is -0.384 e. The minimum atomic E-state index is -0.500. The van der Waals surface area contributed by atoms with Crippen LogP contribution < -0.4 is 11.3 Å². The number of amides is 1. The SMILES string of the molecule is N#Cc1c(N)[nH]c(=O)c(C2=NC(=O)/C(=C\c3ccccc3)S2)c1-c1ccccc1. The number of nitriles is 1. The summed E-state index contributed by atoms with van der Waals surface area (Å²) in [7, 11) is 0. The first-order valence-corrected chi connectivity index (χ1v) is 9.49. The molecule has 1 aromatic heterocycles. The molecular formula is C22H14N4O2S. The fourth-order valence-electron chi connectivity index (χ4n) is 3.05. The molecule has 140 valence electrons. The number of pyridine rings is 1. The van der Waals surface area contributed by atoms with E-state index in [1.807, 2.05) is 36.4 Å². The summed E-state index contributed by atoms with van der Waals surface area (Å²) in [4.78, 5) is 32.2. The first kappa shape index (κ1) is 18.5. The van der Waals surface area contributed by atoms with Gasteiger partial charge < -0.3 is 10.7 Å². The van der Waals surface area contributed by atoms with Gasteiger partial charge in [0.25, 0.3) is 11.5 Å². The van der Waals surface area contributed by atoms with Crippen molar-refractivity contribution in [2.45, 2.75) is 0 Å². The number of carbonyl (C=O) groups excluding carboxylic acids is 1. The van der Waals surface area contributed by atoms with Crippen LogP contribution in [0.2, 0.25) is 0 Å². The molecule has 1 amide bonds. The molecule has 7 heteroatoms. The minimum absolute atomic E-state index is 0.0184. The van der Waals surface area contributed by atoms with Crippen molar-refractivity contribution in [2.75, 3.05) is 5.73 Å². The summed E-state index contributed by atoms with van der Waals surface area (Å²) in [5.74, 6) is -0.447. The molecule has 0 spiro atoms. The molecule has 29 heavy (non-hydrogen) atoms. The van der Waals surface area contributed by atoms with Gasteiger partial charge in [-0.2, -0.15) is 5.26 Å². The number of hydrogen-bond acceptors (Lipinski definition) is 5. The highest BCUT2D eigenvalue weighted by atomic mass is 32.2. The van der Waals surface area contributed by atoms with Crippen LogP contribution in [-0.2, 0) is 4.79 Å². The maximum Gasteiger partial charge on any atom is 0.284 e. The number of rotatable bonds is 3. The highest BCUT2D eigenvalue weighted by molar-refractivity contribution is 8.19. The largest absolute Gasteiger partial charge is 0.384 e. The lowest BCUT2D eigenvalue weighted by Crippen LogP contribution is -2.21. The Morgan fingerprint density at radius 1 is 1.00 bits per heavy atom. The number of carbonyl (C=O) groups is 1. The van der Waals surface area contributed by atoms with Gasteiger partial charge in [-0.3, -0.25) is 9.59 Å². The van der Waals surface area contributed by atoms with Gasteiger partial charge in [-0.15, -0.1) is 0 Å². The number of aliphatic imine (C=N–C) groups is 1. The Kier molecular flexibility index (Phi) is 4.85. The first-order chi connectivity index (χ1) is 14.1. The Labute approximate surface area is 170 Å². The van der Waals surface area contributed by atoms with Crippen molar-refractivity contribution in [1.29, 1.82) is 5.26 Å². The highest BCUT2D eigenvalue weighted by Gasteiger charge is 2.29. The third kappa shape index (κ3) is 3.49. The number of hydrogen-bond donors (Lipinski definition) is 2.